The molecule has 3 amide bonds. The van der Waals surface area contributed by atoms with Gasteiger partial charge in [-0.15, -0.1) is 0 Å². The molecule has 0 atom stereocenters. The molecular weight excluding hydrogens is 264 g/mol. The Morgan fingerprint density at radius 3 is 2.75 bits per heavy atom. The molecule has 8 nitrogen and oxygen atoms in total. The van der Waals surface area contributed by atoms with Crippen molar-refractivity contribution in [1.29, 1.82) is 0 Å². The summed E-state index contributed by atoms with van der Waals surface area (Å²) in [6, 6.07) is 0. The summed E-state index contributed by atoms with van der Waals surface area (Å²) in [5, 5.41) is 5.85. The number of amides is 3. The highest BCUT2D eigenvalue weighted by atomic mass is 16.5. The van der Waals surface area contributed by atoms with Crippen molar-refractivity contribution in [3.05, 3.63) is 11.7 Å². The summed E-state index contributed by atoms with van der Waals surface area (Å²) in [6.07, 6.45) is 0.383. The molecule has 1 fully saturated rings. The van der Waals surface area contributed by atoms with Gasteiger partial charge in [-0.2, -0.15) is 4.98 Å². The van der Waals surface area contributed by atoms with Crippen molar-refractivity contribution in [3.63, 3.8) is 0 Å². The number of rotatable bonds is 3. The number of carbonyl (C=O) groups excluding carboxylic acids is 3. The second-order valence-electron chi connectivity index (χ2n) is 5.15. The second kappa shape index (κ2) is 5.03. The second-order valence-corrected chi connectivity index (χ2v) is 5.15. The lowest BCUT2D eigenvalue weighted by Gasteiger charge is -2.40. The van der Waals surface area contributed by atoms with E-state index in [2.05, 4.69) is 15.5 Å². The fourth-order valence-electron chi connectivity index (χ4n) is 1.97. The molecule has 1 aromatic rings. The molecule has 1 saturated heterocycles. The highest BCUT2D eigenvalue weighted by molar-refractivity contribution is 6.06. The minimum atomic E-state index is -1.05. The van der Waals surface area contributed by atoms with Crippen LogP contribution >= 0.6 is 0 Å². The van der Waals surface area contributed by atoms with E-state index in [0.29, 0.717) is 11.7 Å². The summed E-state index contributed by atoms with van der Waals surface area (Å²) in [6.45, 7) is 4.76. The Bertz CT molecular complexity index is 564. The van der Waals surface area contributed by atoms with Gasteiger partial charge in [-0.3, -0.25) is 19.7 Å². The number of nitrogens with one attached hydrogen (secondary N) is 1. The third kappa shape index (κ3) is 2.68. The molecule has 0 aliphatic carbocycles. The lowest BCUT2D eigenvalue weighted by Crippen LogP contribution is -2.65. The quantitative estimate of drug-likeness (QED) is 0.753. The molecule has 2 heterocycles. The number of aryl methyl sites for hydroxylation is 2. The molecule has 0 aromatic carbocycles. The number of nitrogens with zero attached hydrogens (tertiary/aromatic N) is 3. The lowest BCUT2D eigenvalue weighted by atomic mass is 9.98. The fourth-order valence-corrected chi connectivity index (χ4v) is 1.97. The molecule has 1 aromatic heterocycles. The van der Waals surface area contributed by atoms with Gasteiger partial charge < -0.3 is 9.42 Å². The van der Waals surface area contributed by atoms with E-state index in [1.54, 1.807) is 20.8 Å². The molecule has 20 heavy (non-hydrogen) atoms. The summed E-state index contributed by atoms with van der Waals surface area (Å²) < 4.78 is 4.92. The Hall–Kier alpha value is -2.25. The number of aromatic nitrogens is 2. The fraction of sp³-hybridized carbons (Fsp3) is 0.583. The zero-order valence-electron chi connectivity index (χ0n) is 11.6. The number of piperazine rings is 1. The van der Waals surface area contributed by atoms with E-state index in [0.717, 1.165) is 0 Å². The molecule has 108 valence electrons. The lowest BCUT2D eigenvalue weighted by molar-refractivity contribution is -0.155. The molecule has 0 spiro atoms. The van der Waals surface area contributed by atoms with Gasteiger partial charge in [0, 0.05) is 12.8 Å². The van der Waals surface area contributed by atoms with Crippen molar-refractivity contribution >= 4 is 17.7 Å². The summed E-state index contributed by atoms with van der Waals surface area (Å²) >= 11 is 0. The molecule has 0 bridgehead atoms. The van der Waals surface area contributed by atoms with Gasteiger partial charge >= 0.3 is 0 Å². The predicted octanol–water partition coefficient (Wildman–Crippen LogP) is -0.426. The number of imide groups is 1. The molecular formula is C12H16N4O4. The van der Waals surface area contributed by atoms with Crippen molar-refractivity contribution in [2.45, 2.75) is 39.2 Å². The Labute approximate surface area is 115 Å². The van der Waals surface area contributed by atoms with E-state index >= 15 is 0 Å². The zero-order valence-corrected chi connectivity index (χ0v) is 11.6. The first kappa shape index (κ1) is 14.2. The monoisotopic (exact) mass is 280 g/mol. The normalized spacial score (nSPS) is 18.1. The van der Waals surface area contributed by atoms with Gasteiger partial charge in [0.25, 0.3) is 5.91 Å². The van der Waals surface area contributed by atoms with Crippen LogP contribution in [0.5, 0.6) is 0 Å². The minimum Gasteiger partial charge on any atom is -0.339 e. The smallest absolute Gasteiger partial charge is 0.252 e. The maximum absolute atomic E-state index is 12.2. The summed E-state index contributed by atoms with van der Waals surface area (Å²) in [5.41, 5.74) is -1.05. The SMILES string of the molecule is Cc1noc(CCC(=O)N2CC(=O)NC(=O)C2(C)C)n1. The molecule has 1 N–H and O–H groups in total. The topological polar surface area (TPSA) is 105 Å². The van der Waals surface area contributed by atoms with Crippen LogP contribution in [0.4, 0.5) is 0 Å². The van der Waals surface area contributed by atoms with Crippen molar-refractivity contribution < 1.29 is 18.9 Å². The summed E-state index contributed by atoms with van der Waals surface area (Å²) in [7, 11) is 0. The van der Waals surface area contributed by atoms with E-state index < -0.39 is 17.4 Å². The van der Waals surface area contributed by atoms with Crippen LogP contribution in [-0.4, -0.2) is 44.8 Å². The Kier molecular flexibility index (Phi) is 3.56. The first-order chi connectivity index (χ1) is 9.30. The van der Waals surface area contributed by atoms with Crippen LogP contribution in [0.3, 0.4) is 0 Å². The van der Waals surface area contributed by atoms with Gasteiger partial charge in [0.1, 0.15) is 12.1 Å². The van der Waals surface area contributed by atoms with Gasteiger partial charge in [-0.1, -0.05) is 5.16 Å². The third-order valence-electron chi connectivity index (χ3n) is 3.21. The van der Waals surface area contributed by atoms with Gasteiger partial charge in [0.05, 0.1) is 0 Å². The van der Waals surface area contributed by atoms with E-state index in [4.69, 9.17) is 4.52 Å². The third-order valence-corrected chi connectivity index (χ3v) is 3.21. The number of hydrogen-bond donors (Lipinski definition) is 1. The molecule has 8 heteroatoms. The van der Waals surface area contributed by atoms with Gasteiger partial charge in [0.15, 0.2) is 5.82 Å². The van der Waals surface area contributed by atoms with Crippen LogP contribution in [0, 0.1) is 6.92 Å². The van der Waals surface area contributed by atoms with Crippen LogP contribution < -0.4 is 5.32 Å². The van der Waals surface area contributed by atoms with Crippen molar-refractivity contribution in [3.8, 4) is 0 Å². The summed E-state index contributed by atoms with van der Waals surface area (Å²) in [5.74, 6) is -0.386. The summed E-state index contributed by atoms with van der Waals surface area (Å²) in [4.78, 5) is 40.6. The van der Waals surface area contributed by atoms with E-state index in [1.807, 2.05) is 0 Å². The van der Waals surface area contributed by atoms with Crippen LogP contribution in [0.1, 0.15) is 32.0 Å². The maximum Gasteiger partial charge on any atom is 0.252 e. The van der Waals surface area contributed by atoms with Crippen LogP contribution in [0.2, 0.25) is 0 Å². The average Bonchev–Trinajstić information content (AvgIpc) is 2.77. The number of carbonyl (C=O) groups is 3. The Morgan fingerprint density at radius 1 is 1.45 bits per heavy atom. The first-order valence-electron chi connectivity index (χ1n) is 6.24. The average molecular weight is 280 g/mol. The number of hydrogen-bond acceptors (Lipinski definition) is 6. The van der Waals surface area contributed by atoms with Crippen molar-refractivity contribution in [2.24, 2.45) is 0 Å². The predicted molar refractivity (Wildman–Crippen MR) is 66.3 cm³/mol. The highest BCUT2D eigenvalue weighted by Gasteiger charge is 2.43. The highest BCUT2D eigenvalue weighted by Crippen LogP contribution is 2.19. The minimum absolute atomic E-state index is 0.103. The standard InChI is InChI=1S/C12H16N4O4/c1-7-13-9(20-15-7)4-5-10(18)16-6-8(17)14-11(19)12(16,2)3/h4-6H2,1-3H3,(H,14,17,19). The molecule has 1 aliphatic heterocycles. The molecule has 0 saturated carbocycles. The van der Waals surface area contributed by atoms with E-state index in [-0.39, 0.29) is 25.3 Å². The van der Waals surface area contributed by atoms with Crippen LogP contribution in [0.15, 0.2) is 4.52 Å². The van der Waals surface area contributed by atoms with Crippen LogP contribution in [-0.2, 0) is 20.8 Å². The molecule has 0 radical (unpaired) electrons. The first-order valence-corrected chi connectivity index (χ1v) is 6.24. The zero-order chi connectivity index (χ0) is 14.9. The Balaban J connectivity index is 2.03. The van der Waals surface area contributed by atoms with E-state index in [1.165, 1.54) is 4.90 Å². The molecule has 2 rings (SSSR count). The largest absolute Gasteiger partial charge is 0.339 e. The van der Waals surface area contributed by atoms with Crippen molar-refractivity contribution in [2.75, 3.05) is 6.54 Å². The molecule has 0 unspecified atom stereocenters. The van der Waals surface area contributed by atoms with Gasteiger partial charge in [-0.25, -0.2) is 0 Å². The van der Waals surface area contributed by atoms with E-state index in [9.17, 15) is 14.4 Å². The molecule has 1 aliphatic rings. The van der Waals surface area contributed by atoms with Gasteiger partial charge in [0.2, 0.25) is 17.7 Å². The Morgan fingerprint density at radius 2 is 2.15 bits per heavy atom. The van der Waals surface area contributed by atoms with Crippen molar-refractivity contribution in [1.82, 2.24) is 20.4 Å². The van der Waals surface area contributed by atoms with Gasteiger partial charge in [-0.05, 0) is 20.8 Å². The maximum atomic E-state index is 12.2. The van der Waals surface area contributed by atoms with Crippen LogP contribution in [0.25, 0.3) is 0 Å².